The van der Waals surface area contributed by atoms with Crippen molar-refractivity contribution in [2.45, 2.75) is 25.8 Å². The standard InChI is InChI=1S/C24H26ClN7O/c1-15-11-28-13-22(30-15)16-3-4-20(21(25)10-16)18(14-33)9-17-12-29-24(26)31-23(17)32(2)19-5-7-27-8-6-19/h3-4,9-14,19,27H,5-8H2,1-2H3,(H2,26,29,31)/b18-9+. The van der Waals surface area contributed by atoms with Crippen LogP contribution in [-0.4, -0.2) is 52.4 Å². The van der Waals surface area contributed by atoms with Gasteiger partial charge in [-0.25, -0.2) is 9.97 Å². The number of nitrogens with two attached hydrogens (primary N) is 1. The molecule has 1 fully saturated rings. The smallest absolute Gasteiger partial charge is 0.221 e. The first kappa shape index (κ1) is 22.8. The molecule has 3 aromatic rings. The van der Waals surface area contributed by atoms with Crippen molar-refractivity contribution < 1.29 is 4.79 Å². The highest BCUT2D eigenvalue weighted by molar-refractivity contribution is 6.34. The van der Waals surface area contributed by atoms with Crippen LogP contribution >= 0.6 is 11.6 Å². The van der Waals surface area contributed by atoms with E-state index in [9.17, 15) is 4.79 Å². The second kappa shape index (κ2) is 10.1. The largest absolute Gasteiger partial charge is 0.368 e. The van der Waals surface area contributed by atoms with Crippen molar-refractivity contribution in [2.75, 3.05) is 30.8 Å². The number of allylic oxidation sites excluding steroid dienone is 1. The zero-order valence-corrected chi connectivity index (χ0v) is 19.4. The Bertz CT molecular complexity index is 1190. The first-order valence-corrected chi connectivity index (χ1v) is 11.2. The normalized spacial score (nSPS) is 14.8. The third-order valence-electron chi connectivity index (χ3n) is 5.77. The van der Waals surface area contributed by atoms with Crippen LogP contribution in [-0.2, 0) is 4.79 Å². The van der Waals surface area contributed by atoms with Crippen LogP contribution in [0.4, 0.5) is 11.8 Å². The molecular weight excluding hydrogens is 438 g/mol. The van der Waals surface area contributed by atoms with E-state index in [2.05, 4.69) is 30.2 Å². The fourth-order valence-electron chi connectivity index (χ4n) is 4.00. The van der Waals surface area contributed by atoms with E-state index in [4.69, 9.17) is 17.3 Å². The molecule has 4 rings (SSSR count). The molecular formula is C24H26ClN7O. The Balaban J connectivity index is 1.70. The Hall–Kier alpha value is -3.36. The molecule has 3 heterocycles. The number of carbonyl (C=O) groups is 1. The summed E-state index contributed by atoms with van der Waals surface area (Å²) in [6.45, 7) is 3.79. The van der Waals surface area contributed by atoms with Gasteiger partial charge in [0.1, 0.15) is 5.82 Å². The highest BCUT2D eigenvalue weighted by Gasteiger charge is 2.22. The Morgan fingerprint density at radius 2 is 2.00 bits per heavy atom. The molecule has 0 atom stereocenters. The summed E-state index contributed by atoms with van der Waals surface area (Å²) < 4.78 is 0. The Morgan fingerprint density at radius 3 is 2.70 bits per heavy atom. The third kappa shape index (κ3) is 5.18. The lowest BCUT2D eigenvalue weighted by Gasteiger charge is -2.33. The van der Waals surface area contributed by atoms with Gasteiger partial charge >= 0.3 is 0 Å². The number of aryl methyl sites for hydroxylation is 1. The van der Waals surface area contributed by atoms with Crippen LogP contribution in [0.5, 0.6) is 0 Å². The zero-order valence-electron chi connectivity index (χ0n) is 18.6. The molecule has 2 aromatic heterocycles. The van der Waals surface area contributed by atoms with Crippen LogP contribution in [0.25, 0.3) is 22.9 Å². The van der Waals surface area contributed by atoms with Gasteiger partial charge in [-0.15, -0.1) is 0 Å². The molecule has 0 bridgehead atoms. The van der Waals surface area contributed by atoms with Crippen molar-refractivity contribution in [1.29, 1.82) is 0 Å². The van der Waals surface area contributed by atoms with Gasteiger partial charge in [-0.3, -0.25) is 9.78 Å². The van der Waals surface area contributed by atoms with Crippen molar-refractivity contribution in [2.24, 2.45) is 0 Å². The number of piperidine rings is 1. The average Bonchev–Trinajstić information content (AvgIpc) is 2.83. The summed E-state index contributed by atoms with van der Waals surface area (Å²) >= 11 is 6.59. The first-order chi connectivity index (χ1) is 16.0. The summed E-state index contributed by atoms with van der Waals surface area (Å²) in [4.78, 5) is 31.5. The number of nitrogens with one attached hydrogen (secondary N) is 1. The summed E-state index contributed by atoms with van der Waals surface area (Å²) in [6, 6.07) is 5.81. The van der Waals surface area contributed by atoms with E-state index in [-0.39, 0.29) is 5.95 Å². The molecule has 1 aliphatic heterocycles. The minimum absolute atomic E-state index is 0.192. The number of benzene rings is 1. The van der Waals surface area contributed by atoms with E-state index in [1.165, 1.54) is 0 Å². The van der Waals surface area contributed by atoms with E-state index in [0.29, 0.717) is 33.6 Å². The summed E-state index contributed by atoms with van der Waals surface area (Å²) in [5.74, 6) is 0.883. The number of anilines is 2. The van der Waals surface area contributed by atoms with Gasteiger partial charge in [-0.05, 0) is 45.0 Å². The van der Waals surface area contributed by atoms with E-state index < -0.39 is 0 Å². The maximum atomic E-state index is 12.1. The number of hydrogen-bond acceptors (Lipinski definition) is 8. The maximum Gasteiger partial charge on any atom is 0.221 e. The number of aromatic nitrogens is 4. The fourth-order valence-corrected chi connectivity index (χ4v) is 4.29. The summed E-state index contributed by atoms with van der Waals surface area (Å²) in [5, 5.41) is 3.81. The Kier molecular flexibility index (Phi) is 6.96. The van der Waals surface area contributed by atoms with Gasteiger partial charge < -0.3 is 16.0 Å². The van der Waals surface area contributed by atoms with Crippen molar-refractivity contribution in [3.8, 4) is 11.3 Å². The summed E-state index contributed by atoms with van der Waals surface area (Å²) in [5.41, 5.74) is 10.00. The second-order valence-corrected chi connectivity index (χ2v) is 8.46. The molecule has 0 unspecified atom stereocenters. The number of halogens is 1. The summed E-state index contributed by atoms with van der Waals surface area (Å²) in [7, 11) is 2.00. The van der Waals surface area contributed by atoms with Gasteiger partial charge in [0, 0.05) is 52.8 Å². The Labute approximate surface area is 197 Å². The van der Waals surface area contributed by atoms with Gasteiger partial charge in [0.05, 0.1) is 17.6 Å². The van der Waals surface area contributed by atoms with Gasteiger partial charge in [0.2, 0.25) is 5.95 Å². The number of rotatable bonds is 6. The predicted octanol–water partition coefficient (Wildman–Crippen LogP) is 3.41. The van der Waals surface area contributed by atoms with E-state index in [0.717, 1.165) is 49.2 Å². The number of nitrogen functional groups attached to an aromatic ring is 1. The molecule has 0 aliphatic carbocycles. The molecule has 0 radical (unpaired) electrons. The topological polar surface area (TPSA) is 110 Å². The van der Waals surface area contributed by atoms with Crippen LogP contribution < -0.4 is 16.0 Å². The van der Waals surface area contributed by atoms with Gasteiger partial charge in [-0.1, -0.05) is 23.7 Å². The lowest BCUT2D eigenvalue weighted by molar-refractivity contribution is -0.103. The van der Waals surface area contributed by atoms with E-state index in [1.54, 1.807) is 30.7 Å². The van der Waals surface area contributed by atoms with E-state index >= 15 is 0 Å². The lowest BCUT2D eigenvalue weighted by atomic mass is 10.0. The molecule has 1 aromatic carbocycles. The molecule has 9 heteroatoms. The molecule has 1 saturated heterocycles. The maximum absolute atomic E-state index is 12.1. The van der Waals surface area contributed by atoms with Crippen molar-refractivity contribution >= 4 is 41.3 Å². The summed E-state index contributed by atoms with van der Waals surface area (Å²) in [6.07, 6.45) is 9.57. The number of carbonyl (C=O) groups excluding carboxylic acids is 1. The third-order valence-corrected chi connectivity index (χ3v) is 6.09. The van der Waals surface area contributed by atoms with Gasteiger partial charge in [0.15, 0.2) is 6.29 Å². The minimum atomic E-state index is 0.192. The SMILES string of the molecule is Cc1cncc(-c2ccc(/C(C=O)=C/c3cnc(N)nc3N(C)C3CCNCC3)c(Cl)c2)n1. The highest BCUT2D eigenvalue weighted by Crippen LogP contribution is 2.31. The molecule has 170 valence electrons. The molecule has 1 aliphatic rings. The quantitative estimate of drug-likeness (QED) is 0.422. The molecule has 8 nitrogen and oxygen atoms in total. The molecule has 0 saturated carbocycles. The van der Waals surface area contributed by atoms with Crippen molar-refractivity contribution in [1.82, 2.24) is 25.3 Å². The predicted molar refractivity (Wildman–Crippen MR) is 132 cm³/mol. The van der Waals surface area contributed by atoms with Gasteiger partial charge in [0.25, 0.3) is 0 Å². The van der Waals surface area contributed by atoms with Crippen LogP contribution in [0.3, 0.4) is 0 Å². The van der Waals surface area contributed by atoms with Crippen LogP contribution in [0.2, 0.25) is 5.02 Å². The highest BCUT2D eigenvalue weighted by atomic mass is 35.5. The fraction of sp³-hybridized carbons (Fsp3) is 0.292. The van der Waals surface area contributed by atoms with Crippen molar-refractivity contribution in [3.05, 3.63) is 58.6 Å². The number of nitrogens with zero attached hydrogens (tertiary/aromatic N) is 5. The molecule has 3 N–H and O–H groups in total. The number of aldehydes is 1. The minimum Gasteiger partial charge on any atom is -0.368 e. The average molecular weight is 464 g/mol. The molecule has 0 amide bonds. The zero-order chi connectivity index (χ0) is 23.4. The second-order valence-electron chi connectivity index (χ2n) is 8.06. The monoisotopic (exact) mass is 463 g/mol. The van der Waals surface area contributed by atoms with Crippen LogP contribution in [0.1, 0.15) is 29.7 Å². The molecule has 33 heavy (non-hydrogen) atoms. The van der Waals surface area contributed by atoms with E-state index in [1.807, 2.05) is 26.1 Å². The lowest BCUT2D eigenvalue weighted by Crippen LogP contribution is -2.41. The van der Waals surface area contributed by atoms with Crippen LogP contribution in [0.15, 0.2) is 36.8 Å². The number of hydrogen-bond donors (Lipinski definition) is 2. The first-order valence-electron chi connectivity index (χ1n) is 10.8. The van der Waals surface area contributed by atoms with Gasteiger partial charge in [-0.2, -0.15) is 4.98 Å². The Morgan fingerprint density at radius 1 is 1.21 bits per heavy atom. The molecule has 0 spiro atoms. The van der Waals surface area contributed by atoms with Crippen LogP contribution in [0, 0.1) is 6.92 Å². The van der Waals surface area contributed by atoms with Crippen molar-refractivity contribution in [3.63, 3.8) is 0 Å².